The first-order valence-corrected chi connectivity index (χ1v) is 7.99. The predicted molar refractivity (Wildman–Crippen MR) is 90.5 cm³/mol. The average Bonchev–Trinajstić information content (AvgIpc) is 3.13. The molecule has 0 spiro atoms. The summed E-state index contributed by atoms with van der Waals surface area (Å²) in [5, 5.41) is 3.81. The van der Waals surface area contributed by atoms with Crippen LogP contribution in [-0.4, -0.2) is 23.5 Å². The minimum Gasteiger partial charge on any atom is -0.497 e. The van der Waals surface area contributed by atoms with Crippen molar-refractivity contribution in [3.63, 3.8) is 0 Å². The molecule has 0 fully saturated rings. The van der Waals surface area contributed by atoms with E-state index in [4.69, 9.17) is 9.26 Å². The van der Waals surface area contributed by atoms with Crippen LogP contribution in [0.25, 0.3) is 0 Å². The third kappa shape index (κ3) is 4.20. The molecular formula is C17H15N3O2S. The minimum absolute atomic E-state index is 0.644. The van der Waals surface area contributed by atoms with Crippen LogP contribution in [0.15, 0.2) is 69.3 Å². The summed E-state index contributed by atoms with van der Waals surface area (Å²) in [4.78, 5) is 9.67. The summed E-state index contributed by atoms with van der Waals surface area (Å²) in [6.45, 7) is 0. The maximum absolute atomic E-state index is 5.15. The molecule has 0 amide bonds. The third-order valence-corrected chi connectivity index (χ3v) is 4.16. The summed E-state index contributed by atoms with van der Waals surface area (Å²) in [6, 6.07) is 15.7. The molecule has 0 aliphatic rings. The molecule has 3 aromatic rings. The van der Waals surface area contributed by atoms with Gasteiger partial charge in [0.05, 0.1) is 18.6 Å². The standard InChI is InChI=1S/C17H15N3O2S/c1-21-14-8-6-13(7-9-14)10-18-15-4-2-3-5-16(15)23-11-17-19-12-22-20-17/h2-10,12H,11H2,1H3/b18-10+. The predicted octanol–water partition coefficient (Wildman–Crippen LogP) is 4.12. The first-order valence-electron chi connectivity index (χ1n) is 7.00. The Labute approximate surface area is 138 Å². The Bertz CT molecular complexity index is 771. The highest BCUT2D eigenvalue weighted by atomic mass is 32.2. The van der Waals surface area contributed by atoms with Gasteiger partial charge in [0.15, 0.2) is 5.82 Å². The smallest absolute Gasteiger partial charge is 0.213 e. The van der Waals surface area contributed by atoms with E-state index in [9.17, 15) is 0 Å². The van der Waals surface area contributed by atoms with Gasteiger partial charge in [0.1, 0.15) is 5.75 Å². The molecular weight excluding hydrogens is 310 g/mol. The molecule has 0 aliphatic carbocycles. The van der Waals surface area contributed by atoms with Gasteiger partial charge in [0, 0.05) is 11.1 Å². The van der Waals surface area contributed by atoms with E-state index >= 15 is 0 Å². The molecule has 1 heterocycles. The number of methoxy groups -OCH3 is 1. The van der Waals surface area contributed by atoms with Gasteiger partial charge in [-0.1, -0.05) is 17.3 Å². The van der Waals surface area contributed by atoms with Gasteiger partial charge in [0.25, 0.3) is 0 Å². The normalized spacial score (nSPS) is 11.0. The second-order valence-electron chi connectivity index (χ2n) is 4.64. The van der Waals surface area contributed by atoms with Crippen molar-refractivity contribution in [3.05, 3.63) is 66.3 Å². The van der Waals surface area contributed by atoms with Crippen LogP contribution >= 0.6 is 11.8 Å². The quantitative estimate of drug-likeness (QED) is 0.504. The van der Waals surface area contributed by atoms with Crippen molar-refractivity contribution in [2.75, 3.05) is 7.11 Å². The molecule has 0 bridgehead atoms. The third-order valence-electron chi connectivity index (χ3n) is 3.10. The van der Waals surface area contributed by atoms with Gasteiger partial charge in [-0.15, -0.1) is 11.8 Å². The number of rotatable bonds is 6. The number of aromatic nitrogens is 2. The first kappa shape index (κ1) is 15.3. The Balaban J connectivity index is 1.72. The molecule has 6 heteroatoms. The van der Waals surface area contributed by atoms with Crippen LogP contribution in [0, 0.1) is 0 Å². The fraction of sp³-hybridized carbons (Fsp3) is 0.118. The van der Waals surface area contributed by atoms with Gasteiger partial charge < -0.3 is 9.26 Å². The summed E-state index contributed by atoms with van der Waals surface area (Å²) < 4.78 is 9.89. The topological polar surface area (TPSA) is 60.5 Å². The van der Waals surface area contributed by atoms with Crippen LogP contribution in [0.2, 0.25) is 0 Å². The fourth-order valence-electron chi connectivity index (χ4n) is 1.92. The summed E-state index contributed by atoms with van der Waals surface area (Å²) in [6.07, 6.45) is 3.18. The van der Waals surface area contributed by atoms with Gasteiger partial charge >= 0.3 is 0 Å². The molecule has 0 N–H and O–H groups in total. The lowest BCUT2D eigenvalue weighted by molar-refractivity contribution is 0.412. The average molecular weight is 325 g/mol. The van der Waals surface area contributed by atoms with Crippen LogP contribution in [0.1, 0.15) is 11.4 Å². The van der Waals surface area contributed by atoms with Crippen molar-refractivity contribution in [2.24, 2.45) is 4.99 Å². The zero-order chi connectivity index (χ0) is 15.9. The minimum atomic E-state index is 0.644. The number of aliphatic imine (C=N–C) groups is 1. The molecule has 0 aliphatic heterocycles. The molecule has 0 unspecified atom stereocenters. The van der Waals surface area contributed by atoms with Crippen molar-refractivity contribution in [2.45, 2.75) is 10.6 Å². The van der Waals surface area contributed by atoms with E-state index < -0.39 is 0 Å². The van der Waals surface area contributed by atoms with Gasteiger partial charge in [-0.2, -0.15) is 4.98 Å². The van der Waals surface area contributed by atoms with Crippen molar-refractivity contribution < 1.29 is 9.26 Å². The lowest BCUT2D eigenvalue weighted by atomic mass is 10.2. The molecule has 116 valence electrons. The number of hydrogen-bond donors (Lipinski definition) is 0. The molecule has 2 aromatic carbocycles. The van der Waals surface area contributed by atoms with Crippen LogP contribution < -0.4 is 4.74 Å². The number of hydrogen-bond acceptors (Lipinski definition) is 6. The van der Waals surface area contributed by atoms with E-state index in [0.717, 1.165) is 21.9 Å². The van der Waals surface area contributed by atoms with Gasteiger partial charge in [0.2, 0.25) is 6.39 Å². The zero-order valence-electron chi connectivity index (χ0n) is 12.5. The van der Waals surface area contributed by atoms with E-state index in [0.29, 0.717) is 11.6 Å². The van der Waals surface area contributed by atoms with Gasteiger partial charge in [-0.05, 0) is 42.0 Å². The Morgan fingerprint density at radius 3 is 2.74 bits per heavy atom. The van der Waals surface area contributed by atoms with E-state index in [-0.39, 0.29) is 0 Å². The van der Waals surface area contributed by atoms with Crippen LogP contribution in [0.4, 0.5) is 5.69 Å². The SMILES string of the molecule is COc1ccc(/C=N/c2ccccc2SCc2ncon2)cc1. The molecule has 3 rings (SSSR count). The van der Waals surface area contributed by atoms with Crippen LogP contribution in [-0.2, 0) is 5.75 Å². The highest BCUT2D eigenvalue weighted by Gasteiger charge is 2.04. The maximum Gasteiger partial charge on any atom is 0.213 e. The monoisotopic (exact) mass is 325 g/mol. The molecule has 0 saturated heterocycles. The van der Waals surface area contributed by atoms with Crippen molar-refractivity contribution >= 4 is 23.7 Å². The van der Waals surface area contributed by atoms with Crippen LogP contribution in [0.3, 0.4) is 0 Å². The molecule has 5 nitrogen and oxygen atoms in total. The zero-order valence-corrected chi connectivity index (χ0v) is 13.4. The molecule has 1 aromatic heterocycles. The molecule has 23 heavy (non-hydrogen) atoms. The largest absolute Gasteiger partial charge is 0.497 e. The number of thioether (sulfide) groups is 1. The molecule has 0 radical (unpaired) electrons. The lowest BCUT2D eigenvalue weighted by Crippen LogP contribution is -1.85. The highest BCUT2D eigenvalue weighted by Crippen LogP contribution is 2.31. The second-order valence-corrected chi connectivity index (χ2v) is 5.65. The maximum atomic E-state index is 5.15. The Morgan fingerprint density at radius 2 is 2.00 bits per heavy atom. The van der Waals surface area contributed by atoms with E-state index in [1.165, 1.54) is 6.39 Å². The van der Waals surface area contributed by atoms with Crippen molar-refractivity contribution in [3.8, 4) is 5.75 Å². The summed E-state index contributed by atoms with van der Waals surface area (Å²) in [7, 11) is 1.65. The Hall–Kier alpha value is -2.60. The Morgan fingerprint density at radius 1 is 1.17 bits per heavy atom. The number of benzene rings is 2. The summed E-state index contributed by atoms with van der Waals surface area (Å²) in [5.74, 6) is 2.15. The second kappa shape index (κ2) is 7.60. The number of para-hydroxylation sites is 1. The highest BCUT2D eigenvalue weighted by molar-refractivity contribution is 7.98. The number of ether oxygens (including phenoxy) is 1. The Kier molecular flexibility index (Phi) is 5.06. The van der Waals surface area contributed by atoms with Gasteiger partial charge in [-0.3, -0.25) is 4.99 Å². The van der Waals surface area contributed by atoms with E-state index in [1.54, 1.807) is 18.9 Å². The number of nitrogens with zero attached hydrogens (tertiary/aromatic N) is 3. The molecule has 0 atom stereocenters. The van der Waals surface area contributed by atoms with E-state index in [1.807, 2.05) is 54.7 Å². The summed E-state index contributed by atoms with van der Waals surface area (Å²) in [5.41, 5.74) is 1.93. The first-order chi connectivity index (χ1) is 11.3. The van der Waals surface area contributed by atoms with E-state index in [2.05, 4.69) is 15.1 Å². The lowest BCUT2D eigenvalue weighted by Gasteiger charge is -2.03. The summed E-state index contributed by atoms with van der Waals surface area (Å²) >= 11 is 1.63. The van der Waals surface area contributed by atoms with Crippen molar-refractivity contribution in [1.29, 1.82) is 0 Å². The molecule has 0 saturated carbocycles. The van der Waals surface area contributed by atoms with Crippen LogP contribution in [0.5, 0.6) is 5.75 Å². The van der Waals surface area contributed by atoms with Crippen molar-refractivity contribution in [1.82, 2.24) is 10.1 Å². The van der Waals surface area contributed by atoms with Gasteiger partial charge in [-0.25, -0.2) is 0 Å². The fourth-order valence-corrected chi connectivity index (χ4v) is 2.77.